The molecule has 0 aliphatic heterocycles. The lowest BCUT2D eigenvalue weighted by atomic mass is 9.93. The minimum atomic E-state index is -0.499. The van der Waals surface area contributed by atoms with Crippen LogP contribution in [-0.2, 0) is 16.8 Å². The third kappa shape index (κ3) is 3.15. The van der Waals surface area contributed by atoms with Crippen molar-refractivity contribution in [3.63, 3.8) is 0 Å². The van der Waals surface area contributed by atoms with E-state index in [0.717, 1.165) is 11.9 Å². The van der Waals surface area contributed by atoms with E-state index in [4.69, 9.17) is 0 Å². The van der Waals surface area contributed by atoms with E-state index in [2.05, 4.69) is 20.4 Å². The van der Waals surface area contributed by atoms with Crippen LogP contribution < -0.4 is 10.9 Å². The Morgan fingerprint density at radius 3 is 2.75 bits per heavy atom. The smallest absolute Gasteiger partial charge is 0.273 e. The highest BCUT2D eigenvalue weighted by molar-refractivity contribution is 7.16. The molecule has 0 aliphatic carbocycles. The van der Waals surface area contributed by atoms with Crippen LogP contribution in [0.4, 0.5) is 10.2 Å². The summed E-state index contributed by atoms with van der Waals surface area (Å²) < 4.78 is 16.4. The van der Waals surface area contributed by atoms with Gasteiger partial charge < -0.3 is 5.32 Å². The second-order valence-electron chi connectivity index (χ2n) is 7.36. The molecular weight excluding hydrogens is 383 g/mol. The zero-order valence-corrected chi connectivity index (χ0v) is 16.2. The Morgan fingerprint density at radius 2 is 2.07 bits per heavy atom. The largest absolute Gasteiger partial charge is 0.309 e. The number of fused-ring (bicyclic) bond motifs is 3. The van der Waals surface area contributed by atoms with Crippen LogP contribution in [-0.4, -0.2) is 30.1 Å². The Bertz CT molecular complexity index is 1250. The van der Waals surface area contributed by atoms with E-state index in [9.17, 15) is 14.0 Å². The van der Waals surface area contributed by atoms with Gasteiger partial charge in [-0.25, -0.2) is 14.4 Å². The first-order valence-corrected chi connectivity index (χ1v) is 9.39. The van der Waals surface area contributed by atoms with E-state index >= 15 is 0 Å². The van der Waals surface area contributed by atoms with E-state index in [1.165, 1.54) is 28.0 Å². The Kier molecular flexibility index (Phi) is 4.22. The average molecular weight is 400 g/mol. The van der Waals surface area contributed by atoms with E-state index in [0.29, 0.717) is 16.0 Å². The van der Waals surface area contributed by atoms with Crippen LogP contribution in [0.2, 0.25) is 0 Å². The summed E-state index contributed by atoms with van der Waals surface area (Å²) in [5.41, 5.74) is 2.76. The zero-order chi connectivity index (χ0) is 20.1. The molecule has 10 heteroatoms. The summed E-state index contributed by atoms with van der Waals surface area (Å²) in [6.45, 7) is 5.82. The molecule has 0 aromatic carbocycles. The number of nitrogens with one attached hydrogen (secondary N) is 1. The lowest BCUT2D eigenvalue weighted by Crippen LogP contribution is -2.29. The monoisotopic (exact) mass is 400 g/mol. The number of amides is 1. The van der Waals surface area contributed by atoms with Gasteiger partial charge in [-0.15, -0.1) is 11.3 Å². The number of pyridine rings is 1. The van der Waals surface area contributed by atoms with Crippen LogP contribution in [0.1, 0.15) is 26.5 Å². The van der Waals surface area contributed by atoms with Gasteiger partial charge in [-0.3, -0.25) is 14.2 Å². The molecule has 0 atom stereocenters. The normalized spacial score (nSPS) is 12.0. The maximum atomic E-state index is 13.0. The van der Waals surface area contributed by atoms with Crippen molar-refractivity contribution in [1.82, 2.24) is 24.1 Å². The molecule has 4 heterocycles. The van der Waals surface area contributed by atoms with Gasteiger partial charge in [0.25, 0.3) is 5.56 Å². The minimum Gasteiger partial charge on any atom is -0.309 e. The second-order valence-corrected chi connectivity index (χ2v) is 8.21. The fourth-order valence-electron chi connectivity index (χ4n) is 2.78. The molecule has 1 N–H and O–H groups in total. The fourth-order valence-corrected chi connectivity index (χ4v) is 3.49. The molecule has 4 aromatic rings. The van der Waals surface area contributed by atoms with Crippen LogP contribution in [0.3, 0.4) is 0 Å². The summed E-state index contributed by atoms with van der Waals surface area (Å²) in [4.78, 5) is 33.5. The van der Waals surface area contributed by atoms with Crippen LogP contribution >= 0.6 is 11.3 Å². The molecule has 0 unspecified atom stereocenters. The molecule has 0 saturated heterocycles. The van der Waals surface area contributed by atoms with Crippen molar-refractivity contribution >= 4 is 39.1 Å². The Morgan fingerprint density at radius 1 is 1.29 bits per heavy atom. The molecule has 0 spiro atoms. The fraction of sp³-hybridized carbons (Fsp3) is 0.278. The van der Waals surface area contributed by atoms with Crippen molar-refractivity contribution in [2.24, 2.45) is 0 Å². The molecule has 8 nitrogen and oxygen atoms in total. The predicted octanol–water partition coefficient (Wildman–Crippen LogP) is 2.58. The van der Waals surface area contributed by atoms with Gasteiger partial charge in [0.1, 0.15) is 28.5 Å². The summed E-state index contributed by atoms with van der Waals surface area (Å²) in [5.74, 6) is -0.746. The molecule has 0 saturated carbocycles. The molecule has 0 radical (unpaired) electrons. The number of thiazole rings is 1. The number of carbonyl (C=O) groups excluding carboxylic acids is 1. The lowest BCUT2D eigenvalue weighted by molar-refractivity contribution is -0.116. The Labute approximate surface area is 162 Å². The van der Waals surface area contributed by atoms with Crippen molar-refractivity contribution < 1.29 is 9.18 Å². The summed E-state index contributed by atoms with van der Waals surface area (Å²) in [6, 6.07) is 4.35. The number of anilines is 1. The summed E-state index contributed by atoms with van der Waals surface area (Å²) in [5, 5.41) is 7.17. The molecule has 0 fully saturated rings. The highest BCUT2D eigenvalue weighted by Gasteiger charge is 2.23. The van der Waals surface area contributed by atoms with Crippen molar-refractivity contribution in [3.05, 3.63) is 51.8 Å². The molecular formula is C18H17FN6O2S. The second kappa shape index (κ2) is 6.48. The Balaban J connectivity index is 1.79. The third-order valence-electron chi connectivity index (χ3n) is 4.22. The highest BCUT2D eigenvalue weighted by Crippen LogP contribution is 2.24. The molecule has 1 amide bonds. The first-order chi connectivity index (χ1) is 13.2. The maximum Gasteiger partial charge on any atom is 0.273 e. The number of rotatable bonds is 3. The topological polar surface area (TPSA) is 94.2 Å². The molecule has 4 aromatic heterocycles. The molecule has 144 valence electrons. The number of nitrogens with zero attached hydrogens (tertiary/aromatic N) is 5. The van der Waals surface area contributed by atoms with Crippen LogP contribution in [0, 0.1) is 5.82 Å². The van der Waals surface area contributed by atoms with Gasteiger partial charge in [-0.1, -0.05) is 20.8 Å². The number of carbonyl (C=O) groups is 1. The molecule has 4 rings (SSSR count). The number of hydrogen-bond acceptors (Lipinski definition) is 6. The van der Waals surface area contributed by atoms with Gasteiger partial charge in [0.05, 0.1) is 17.4 Å². The van der Waals surface area contributed by atoms with Crippen molar-refractivity contribution in [3.8, 4) is 0 Å². The van der Waals surface area contributed by atoms with Crippen LogP contribution in [0.25, 0.3) is 16.0 Å². The summed E-state index contributed by atoms with van der Waals surface area (Å²) >= 11 is 1.20. The van der Waals surface area contributed by atoms with Crippen LogP contribution in [0.15, 0.2) is 34.7 Å². The molecule has 28 heavy (non-hydrogen) atoms. The van der Waals surface area contributed by atoms with Gasteiger partial charge in [-0.05, 0) is 12.1 Å². The van der Waals surface area contributed by atoms with Crippen LogP contribution in [0.5, 0.6) is 0 Å². The van der Waals surface area contributed by atoms with Crippen molar-refractivity contribution in [2.45, 2.75) is 32.7 Å². The van der Waals surface area contributed by atoms with Crippen molar-refractivity contribution in [1.29, 1.82) is 0 Å². The molecule has 0 aliphatic rings. The summed E-state index contributed by atoms with van der Waals surface area (Å²) in [7, 11) is 0. The highest BCUT2D eigenvalue weighted by atomic mass is 32.1. The first-order valence-electron chi connectivity index (χ1n) is 8.52. The molecule has 0 bridgehead atoms. The van der Waals surface area contributed by atoms with Gasteiger partial charge in [0.2, 0.25) is 5.91 Å². The van der Waals surface area contributed by atoms with Gasteiger partial charge >= 0.3 is 0 Å². The van der Waals surface area contributed by atoms with Crippen molar-refractivity contribution in [2.75, 3.05) is 5.32 Å². The number of hydrogen-bond donors (Lipinski definition) is 1. The van der Waals surface area contributed by atoms with E-state index < -0.39 is 11.7 Å². The average Bonchev–Trinajstić information content (AvgIpc) is 3.27. The number of halogens is 1. The standard InChI is InChI=1S/C18H17FN6O2S/c1-18(2,3)11-6-14-24(8-13(26)22-12-5-4-10(19)7-20-12)17(27)15-16(21-9-28-15)25(14)23-11/h4-7,9H,8H2,1-3H3,(H,20,22,26). The van der Waals surface area contributed by atoms with Gasteiger partial charge in [0, 0.05) is 11.5 Å². The Hall–Kier alpha value is -3.14. The van der Waals surface area contributed by atoms with E-state index in [1.807, 2.05) is 20.8 Å². The summed E-state index contributed by atoms with van der Waals surface area (Å²) in [6.07, 6.45) is 1.01. The van der Waals surface area contributed by atoms with E-state index in [1.54, 1.807) is 16.1 Å². The maximum absolute atomic E-state index is 13.0. The number of aromatic nitrogens is 5. The minimum absolute atomic E-state index is 0.207. The quantitative estimate of drug-likeness (QED) is 0.570. The first kappa shape index (κ1) is 18.2. The SMILES string of the molecule is CC(C)(C)c1cc2n(CC(=O)Nc3ccc(F)cn3)c(=O)c3scnc3n2n1. The predicted molar refractivity (Wildman–Crippen MR) is 104 cm³/mol. The lowest BCUT2D eigenvalue weighted by Gasteiger charge is -2.13. The zero-order valence-electron chi connectivity index (χ0n) is 15.4. The van der Waals surface area contributed by atoms with Gasteiger partial charge in [-0.2, -0.15) is 9.61 Å². The third-order valence-corrected chi connectivity index (χ3v) is 5.02. The van der Waals surface area contributed by atoms with Gasteiger partial charge in [0.15, 0.2) is 5.65 Å². The van der Waals surface area contributed by atoms with E-state index in [-0.39, 0.29) is 23.3 Å².